The second-order valence-corrected chi connectivity index (χ2v) is 7.63. The summed E-state index contributed by atoms with van der Waals surface area (Å²) in [6, 6.07) is 22.3. The highest BCUT2D eigenvalue weighted by Crippen LogP contribution is 2.24. The molecule has 0 saturated carbocycles. The number of hydrogen-bond donors (Lipinski definition) is 0. The highest BCUT2D eigenvalue weighted by Gasteiger charge is 2.23. The average Bonchev–Trinajstić information content (AvgIpc) is 3.15. The van der Waals surface area contributed by atoms with E-state index in [0.717, 1.165) is 30.8 Å². The number of thiophene rings is 1. The molecule has 2 heterocycles. The van der Waals surface area contributed by atoms with Gasteiger partial charge in [0.25, 0.3) is 0 Å². The molecule has 26 heavy (non-hydrogen) atoms. The van der Waals surface area contributed by atoms with Gasteiger partial charge in [-0.05, 0) is 41.1 Å². The van der Waals surface area contributed by atoms with E-state index in [4.69, 9.17) is 0 Å². The van der Waals surface area contributed by atoms with Crippen LogP contribution in [0.15, 0.2) is 72.1 Å². The van der Waals surface area contributed by atoms with Gasteiger partial charge in [0, 0.05) is 23.7 Å². The summed E-state index contributed by atoms with van der Waals surface area (Å²) >= 11 is 1.83. The molecule has 3 aromatic rings. The molecule has 0 N–H and O–H groups in total. The molecular weight excluding hydrogens is 340 g/mol. The van der Waals surface area contributed by atoms with E-state index >= 15 is 0 Å². The van der Waals surface area contributed by atoms with Crippen molar-refractivity contribution in [2.45, 2.75) is 19.5 Å². The van der Waals surface area contributed by atoms with Crippen LogP contribution < -0.4 is 4.90 Å². The molecule has 0 unspecified atom stereocenters. The first-order valence-corrected chi connectivity index (χ1v) is 9.84. The SMILES string of the molecule is O=C(CN1CCc2sccc2C1)N(Cc1ccccc1)c1ccccc1. The normalized spacial score (nSPS) is 14.0. The first kappa shape index (κ1) is 17.0. The topological polar surface area (TPSA) is 23.6 Å². The number of fused-ring (bicyclic) bond motifs is 1. The second kappa shape index (κ2) is 7.85. The molecule has 0 fully saturated rings. The van der Waals surface area contributed by atoms with Gasteiger partial charge in [0.15, 0.2) is 0 Å². The predicted molar refractivity (Wildman–Crippen MR) is 107 cm³/mol. The van der Waals surface area contributed by atoms with Gasteiger partial charge in [-0.2, -0.15) is 0 Å². The second-order valence-electron chi connectivity index (χ2n) is 6.63. The first-order chi connectivity index (χ1) is 12.8. The van der Waals surface area contributed by atoms with Gasteiger partial charge in [0.05, 0.1) is 13.1 Å². The van der Waals surface area contributed by atoms with Crippen LogP contribution in [0.5, 0.6) is 0 Å². The van der Waals surface area contributed by atoms with Crippen LogP contribution in [-0.4, -0.2) is 23.9 Å². The molecular formula is C22H22N2OS. The maximum absolute atomic E-state index is 13.2. The lowest BCUT2D eigenvalue weighted by Gasteiger charge is -2.30. The van der Waals surface area contributed by atoms with E-state index in [1.807, 2.05) is 64.8 Å². The van der Waals surface area contributed by atoms with Crippen molar-refractivity contribution in [3.63, 3.8) is 0 Å². The van der Waals surface area contributed by atoms with Crippen LogP contribution >= 0.6 is 11.3 Å². The fraction of sp³-hybridized carbons (Fsp3) is 0.227. The highest BCUT2D eigenvalue weighted by molar-refractivity contribution is 7.10. The largest absolute Gasteiger partial charge is 0.307 e. The zero-order valence-electron chi connectivity index (χ0n) is 14.7. The van der Waals surface area contributed by atoms with Crippen molar-refractivity contribution in [3.8, 4) is 0 Å². The lowest BCUT2D eigenvalue weighted by atomic mass is 10.1. The van der Waals surface area contributed by atoms with E-state index in [2.05, 4.69) is 28.5 Å². The minimum Gasteiger partial charge on any atom is -0.307 e. The predicted octanol–water partition coefficient (Wildman–Crippen LogP) is 4.34. The van der Waals surface area contributed by atoms with Crippen molar-refractivity contribution >= 4 is 22.9 Å². The number of nitrogens with zero attached hydrogens (tertiary/aromatic N) is 2. The fourth-order valence-corrected chi connectivity index (χ4v) is 4.31. The van der Waals surface area contributed by atoms with Gasteiger partial charge < -0.3 is 4.90 Å². The summed E-state index contributed by atoms with van der Waals surface area (Å²) in [5.41, 5.74) is 3.47. The Balaban J connectivity index is 1.51. The quantitative estimate of drug-likeness (QED) is 0.674. The van der Waals surface area contributed by atoms with Crippen LogP contribution in [0.2, 0.25) is 0 Å². The van der Waals surface area contributed by atoms with Crippen LogP contribution in [0.25, 0.3) is 0 Å². The Morgan fingerprint density at radius 2 is 1.73 bits per heavy atom. The van der Waals surface area contributed by atoms with Crippen molar-refractivity contribution < 1.29 is 4.79 Å². The summed E-state index contributed by atoms with van der Waals surface area (Å²) in [4.78, 5) is 18.8. The number of benzene rings is 2. The number of rotatable bonds is 5. The molecule has 4 rings (SSSR count). The van der Waals surface area contributed by atoms with E-state index in [1.165, 1.54) is 10.4 Å². The average molecular weight is 362 g/mol. The Bertz CT molecular complexity index is 860. The maximum Gasteiger partial charge on any atom is 0.241 e. The third-order valence-corrected chi connectivity index (χ3v) is 5.82. The number of carbonyl (C=O) groups excluding carboxylic acids is 1. The fourth-order valence-electron chi connectivity index (χ4n) is 3.42. The number of para-hydroxylation sites is 1. The van der Waals surface area contributed by atoms with E-state index in [-0.39, 0.29) is 5.91 Å². The number of carbonyl (C=O) groups is 1. The van der Waals surface area contributed by atoms with E-state index in [0.29, 0.717) is 13.1 Å². The molecule has 132 valence electrons. The standard InChI is InChI=1S/C22H22N2OS/c25-22(17-23-13-11-21-19(16-23)12-14-26-21)24(20-9-5-2-6-10-20)15-18-7-3-1-4-8-18/h1-10,12,14H,11,13,15-17H2. The number of anilines is 1. The molecule has 4 heteroatoms. The van der Waals surface area contributed by atoms with Crippen molar-refractivity contribution in [1.82, 2.24) is 4.90 Å². The summed E-state index contributed by atoms with van der Waals surface area (Å²) in [6.45, 7) is 2.88. The third kappa shape index (κ3) is 3.87. The molecule has 0 atom stereocenters. The maximum atomic E-state index is 13.2. The van der Waals surface area contributed by atoms with Gasteiger partial charge in [-0.3, -0.25) is 9.69 Å². The van der Waals surface area contributed by atoms with Gasteiger partial charge in [-0.1, -0.05) is 48.5 Å². The molecule has 1 aliphatic heterocycles. The summed E-state index contributed by atoms with van der Waals surface area (Å²) in [6.07, 6.45) is 1.05. The van der Waals surface area contributed by atoms with Crippen LogP contribution in [0.3, 0.4) is 0 Å². The Morgan fingerprint density at radius 1 is 1.00 bits per heavy atom. The van der Waals surface area contributed by atoms with Crippen LogP contribution in [0.4, 0.5) is 5.69 Å². The smallest absolute Gasteiger partial charge is 0.241 e. The summed E-state index contributed by atoms with van der Waals surface area (Å²) < 4.78 is 0. The Morgan fingerprint density at radius 3 is 2.50 bits per heavy atom. The molecule has 1 amide bonds. The van der Waals surface area contributed by atoms with Crippen molar-refractivity contribution in [2.75, 3.05) is 18.0 Å². The van der Waals surface area contributed by atoms with Gasteiger partial charge in [-0.25, -0.2) is 0 Å². The Hall–Kier alpha value is -2.43. The molecule has 2 aromatic carbocycles. The van der Waals surface area contributed by atoms with Gasteiger partial charge in [0.2, 0.25) is 5.91 Å². The van der Waals surface area contributed by atoms with Crippen LogP contribution in [0.1, 0.15) is 16.0 Å². The number of amides is 1. The van der Waals surface area contributed by atoms with E-state index < -0.39 is 0 Å². The summed E-state index contributed by atoms with van der Waals surface area (Å²) in [5, 5.41) is 2.15. The molecule has 0 bridgehead atoms. The molecule has 1 aliphatic rings. The first-order valence-electron chi connectivity index (χ1n) is 8.96. The molecule has 0 spiro atoms. The Kier molecular flexibility index (Phi) is 5.14. The minimum absolute atomic E-state index is 0.152. The minimum atomic E-state index is 0.152. The van der Waals surface area contributed by atoms with E-state index in [9.17, 15) is 4.79 Å². The number of hydrogen-bond acceptors (Lipinski definition) is 3. The zero-order chi connectivity index (χ0) is 17.8. The zero-order valence-corrected chi connectivity index (χ0v) is 15.5. The summed E-state index contributed by atoms with van der Waals surface area (Å²) in [7, 11) is 0. The highest BCUT2D eigenvalue weighted by atomic mass is 32.1. The summed E-state index contributed by atoms with van der Waals surface area (Å²) in [5.74, 6) is 0.152. The lowest BCUT2D eigenvalue weighted by molar-refractivity contribution is -0.120. The van der Waals surface area contributed by atoms with E-state index in [1.54, 1.807) is 0 Å². The van der Waals surface area contributed by atoms with Gasteiger partial charge in [-0.15, -0.1) is 11.3 Å². The van der Waals surface area contributed by atoms with Gasteiger partial charge >= 0.3 is 0 Å². The van der Waals surface area contributed by atoms with Crippen LogP contribution in [-0.2, 0) is 24.3 Å². The molecule has 0 radical (unpaired) electrons. The Labute approximate surface area is 158 Å². The molecule has 0 aliphatic carbocycles. The molecule has 3 nitrogen and oxygen atoms in total. The molecule has 1 aromatic heterocycles. The van der Waals surface area contributed by atoms with Crippen molar-refractivity contribution in [1.29, 1.82) is 0 Å². The van der Waals surface area contributed by atoms with Crippen LogP contribution in [0, 0.1) is 0 Å². The lowest BCUT2D eigenvalue weighted by Crippen LogP contribution is -2.41. The van der Waals surface area contributed by atoms with Gasteiger partial charge in [0.1, 0.15) is 0 Å². The molecule has 0 saturated heterocycles. The van der Waals surface area contributed by atoms with Crippen molar-refractivity contribution in [2.24, 2.45) is 0 Å². The third-order valence-electron chi connectivity index (χ3n) is 4.80. The van der Waals surface area contributed by atoms with Crippen molar-refractivity contribution in [3.05, 3.63) is 88.1 Å². The monoisotopic (exact) mass is 362 g/mol.